The summed E-state index contributed by atoms with van der Waals surface area (Å²) in [6.07, 6.45) is -1.69. The van der Waals surface area contributed by atoms with E-state index in [2.05, 4.69) is 30.3 Å². The number of ether oxygens (including phenoxy) is 4. The molecule has 0 unspecified atom stereocenters. The Morgan fingerprint density at radius 2 is 1.54 bits per heavy atom. The van der Waals surface area contributed by atoms with Gasteiger partial charge in [0.05, 0.1) is 38.7 Å². The first-order valence-electron chi connectivity index (χ1n) is 10.1. The molecule has 182 valence electrons. The molecule has 9 nitrogen and oxygen atoms in total. The van der Waals surface area contributed by atoms with Crippen LogP contribution in [0.1, 0.15) is 0 Å². The second-order valence-corrected chi connectivity index (χ2v) is 7.06. The van der Waals surface area contributed by atoms with E-state index in [1.54, 1.807) is 36.7 Å². The quantitative estimate of drug-likeness (QED) is 0.337. The Kier molecular flexibility index (Phi) is 6.62. The molecule has 2 aromatic carbocycles. The van der Waals surface area contributed by atoms with E-state index < -0.39 is 6.36 Å². The molecule has 0 aliphatic rings. The van der Waals surface area contributed by atoms with Gasteiger partial charge in [-0.2, -0.15) is 4.98 Å². The van der Waals surface area contributed by atoms with E-state index in [0.29, 0.717) is 45.3 Å². The van der Waals surface area contributed by atoms with Crippen molar-refractivity contribution in [2.45, 2.75) is 6.36 Å². The van der Waals surface area contributed by atoms with Crippen molar-refractivity contribution < 1.29 is 32.1 Å². The highest BCUT2D eigenvalue weighted by molar-refractivity contribution is 5.83. The Morgan fingerprint density at radius 3 is 2.20 bits per heavy atom. The van der Waals surface area contributed by atoms with Gasteiger partial charge in [-0.3, -0.25) is 4.98 Å². The van der Waals surface area contributed by atoms with Crippen LogP contribution < -0.4 is 29.6 Å². The van der Waals surface area contributed by atoms with E-state index in [1.807, 2.05) is 0 Å². The van der Waals surface area contributed by atoms with Gasteiger partial charge in [0.15, 0.2) is 11.5 Å². The van der Waals surface area contributed by atoms with Crippen LogP contribution in [0.2, 0.25) is 0 Å². The largest absolute Gasteiger partial charge is 0.573 e. The second-order valence-electron chi connectivity index (χ2n) is 7.06. The number of aromatic nitrogens is 3. The van der Waals surface area contributed by atoms with Crippen LogP contribution in [0.15, 0.2) is 54.9 Å². The highest BCUT2D eigenvalue weighted by Gasteiger charge is 2.31. The molecule has 2 aromatic heterocycles. The molecule has 0 bridgehead atoms. The summed E-state index contributed by atoms with van der Waals surface area (Å²) < 4.78 is 57.6. The van der Waals surface area contributed by atoms with Gasteiger partial charge in [0.2, 0.25) is 11.7 Å². The van der Waals surface area contributed by atoms with Crippen LogP contribution in [0.3, 0.4) is 0 Å². The van der Waals surface area contributed by atoms with E-state index in [-0.39, 0.29) is 11.7 Å². The summed E-state index contributed by atoms with van der Waals surface area (Å²) in [5.41, 5.74) is 1.62. The van der Waals surface area contributed by atoms with Crippen LogP contribution in [-0.4, -0.2) is 42.6 Å². The zero-order chi connectivity index (χ0) is 25.0. The standard InChI is InChI=1S/C23H20F3N5O4/c1-32-18-10-14(11-19(33-2)21(18)34-3)30-22-27-7-6-20(31-22)29-15-8-13-9-16(35-23(24,25)26)4-5-17(13)28-12-15/h4-12H,1-3H3,(H2,27,29,30,31). The normalized spacial score (nSPS) is 11.1. The molecular formula is C23H20F3N5O4. The Bertz CT molecular complexity index is 1330. The van der Waals surface area contributed by atoms with Crippen LogP contribution in [0, 0.1) is 0 Å². The first kappa shape index (κ1) is 23.7. The van der Waals surface area contributed by atoms with Crippen molar-refractivity contribution >= 4 is 34.0 Å². The van der Waals surface area contributed by atoms with E-state index >= 15 is 0 Å². The summed E-state index contributed by atoms with van der Waals surface area (Å²) in [5, 5.41) is 6.60. The van der Waals surface area contributed by atoms with Gasteiger partial charge in [-0.05, 0) is 30.3 Å². The van der Waals surface area contributed by atoms with Crippen molar-refractivity contribution in [1.29, 1.82) is 0 Å². The zero-order valence-corrected chi connectivity index (χ0v) is 18.8. The summed E-state index contributed by atoms with van der Waals surface area (Å²) in [6.45, 7) is 0. The lowest BCUT2D eigenvalue weighted by Crippen LogP contribution is -2.17. The summed E-state index contributed by atoms with van der Waals surface area (Å²) >= 11 is 0. The lowest BCUT2D eigenvalue weighted by molar-refractivity contribution is -0.274. The van der Waals surface area contributed by atoms with E-state index in [4.69, 9.17) is 14.2 Å². The predicted molar refractivity (Wildman–Crippen MR) is 123 cm³/mol. The maximum atomic E-state index is 12.5. The SMILES string of the molecule is COc1cc(Nc2nccc(Nc3cnc4ccc(OC(F)(F)F)cc4c3)n2)cc(OC)c1OC. The highest BCUT2D eigenvalue weighted by Crippen LogP contribution is 2.40. The van der Waals surface area contributed by atoms with Gasteiger partial charge in [0, 0.05) is 29.4 Å². The van der Waals surface area contributed by atoms with Crippen LogP contribution in [0.25, 0.3) is 10.9 Å². The van der Waals surface area contributed by atoms with Crippen molar-refractivity contribution in [3.63, 3.8) is 0 Å². The molecule has 0 saturated carbocycles. The number of alkyl halides is 3. The molecule has 4 rings (SSSR count). The molecule has 12 heteroatoms. The molecule has 0 spiro atoms. The maximum Gasteiger partial charge on any atom is 0.573 e. The first-order valence-corrected chi connectivity index (χ1v) is 10.1. The molecule has 0 atom stereocenters. The lowest BCUT2D eigenvalue weighted by atomic mass is 10.2. The minimum Gasteiger partial charge on any atom is -0.493 e. The minimum absolute atomic E-state index is 0.277. The number of pyridine rings is 1. The van der Waals surface area contributed by atoms with Crippen molar-refractivity contribution in [3.05, 3.63) is 54.9 Å². The first-order chi connectivity index (χ1) is 16.8. The van der Waals surface area contributed by atoms with Gasteiger partial charge in [-0.1, -0.05) is 0 Å². The number of halogens is 3. The van der Waals surface area contributed by atoms with Crippen LogP contribution >= 0.6 is 0 Å². The van der Waals surface area contributed by atoms with Crippen molar-refractivity contribution in [2.75, 3.05) is 32.0 Å². The number of methoxy groups -OCH3 is 3. The van der Waals surface area contributed by atoms with Crippen molar-refractivity contribution in [2.24, 2.45) is 0 Å². The lowest BCUT2D eigenvalue weighted by Gasteiger charge is -2.15. The monoisotopic (exact) mass is 487 g/mol. The smallest absolute Gasteiger partial charge is 0.493 e. The molecule has 2 N–H and O–H groups in total. The Balaban J connectivity index is 1.55. The number of rotatable bonds is 8. The van der Waals surface area contributed by atoms with Crippen molar-refractivity contribution in [3.8, 4) is 23.0 Å². The van der Waals surface area contributed by atoms with Crippen LogP contribution in [-0.2, 0) is 0 Å². The maximum absolute atomic E-state index is 12.5. The number of anilines is 4. The van der Waals surface area contributed by atoms with Gasteiger partial charge in [-0.25, -0.2) is 4.98 Å². The van der Waals surface area contributed by atoms with Crippen LogP contribution in [0.5, 0.6) is 23.0 Å². The Hall–Kier alpha value is -4.48. The molecule has 0 aliphatic heterocycles. The number of fused-ring (bicyclic) bond motifs is 1. The number of hydrogen-bond donors (Lipinski definition) is 2. The molecule has 0 saturated heterocycles. The summed E-state index contributed by atoms with van der Waals surface area (Å²) in [6, 6.07) is 10.6. The number of hydrogen-bond acceptors (Lipinski definition) is 9. The fourth-order valence-corrected chi connectivity index (χ4v) is 3.29. The molecule has 0 fully saturated rings. The average molecular weight is 487 g/mol. The van der Waals surface area contributed by atoms with Gasteiger partial charge >= 0.3 is 6.36 Å². The van der Waals surface area contributed by atoms with E-state index in [1.165, 1.54) is 39.5 Å². The third-order valence-corrected chi connectivity index (χ3v) is 4.74. The number of nitrogens with one attached hydrogen (secondary N) is 2. The third kappa shape index (κ3) is 5.72. The average Bonchev–Trinajstić information content (AvgIpc) is 2.82. The topological polar surface area (TPSA) is 99.7 Å². The Morgan fingerprint density at radius 1 is 0.800 bits per heavy atom. The Labute approximate surface area is 197 Å². The molecular weight excluding hydrogens is 467 g/mol. The van der Waals surface area contributed by atoms with E-state index in [0.717, 1.165) is 0 Å². The van der Waals surface area contributed by atoms with Gasteiger partial charge in [0.1, 0.15) is 11.6 Å². The van der Waals surface area contributed by atoms with E-state index in [9.17, 15) is 13.2 Å². The molecule has 4 aromatic rings. The summed E-state index contributed by atoms with van der Waals surface area (Å²) in [4.78, 5) is 12.9. The number of benzene rings is 2. The van der Waals surface area contributed by atoms with Gasteiger partial charge in [0.25, 0.3) is 0 Å². The molecule has 35 heavy (non-hydrogen) atoms. The number of nitrogens with zero attached hydrogens (tertiary/aromatic N) is 3. The van der Waals surface area contributed by atoms with Gasteiger partial charge < -0.3 is 29.6 Å². The zero-order valence-electron chi connectivity index (χ0n) is 18.8. The van der Waals surface area contributed by atoms with Crippen LogP contribution in [0.4, 0.5) is 36.3 Å². The second kappa shape index (κ2) is 9.79. The highest BCUT2D eigenvalue weighted by atomic mass is 19.4. The fourth-order valence-electron chi connectivity index (χ4n) is 3.29. The minimum atomic E-state index is -4.78. The molecule has 0 radical (unpaired) electrons. The summed E-state index contributed by atoms with van der Waals surface area (Å²) in [5.74, 6) is 1.74. The summed E-state index contributed by atoms with van der Waals surface area (Å²) in [7, 11) is 4.54. The molecule has 0 aliphatic carbocycles. The van der Waals surface area contributed by atoms with Crippen molar-refractivity contribution in [1.82, 2.24) is 15.0 Å². The predicted octanol–water partition coefficient (Wildman–Crippen LogP) is 5.44. The molecule has 2 heterocycles. The third-order valence-electron chi connectivity index (χ3n) is 4.74. The van der Waals surface area contributed by atoms with Gasteiger partial charge in [-0.15, -0.1) is 13.2 Å². The fraction of sp³-hybridized carbons (Fsp3) is 0.174. The molecule has 0 amide bonds.